The van der Waals surface area contributed by atoms with Gasteiger partial charge in [0, 0.05) is 24.4 Å². The largest absolute Gasteiger partial charge is 0.481 e. The fourth-order valence-corrected chi connectivity index (χ4v) is 2.45. The van der Waals surface area contributed by atoms with E-state index in [1.807, 2.05) is 30.3 Å². The number of aliphatic carboxylic acids is 1. The molecule has 1 N–H and O–H groups in total. The second kappa shape index (κ2) is 4.53. The van der Waals surface area contributed by atoms with Crippen molar-refractivity contribution >= 4 is 22.7 Å². The Labute approximate surface area is 111 Å². The summed E-state index contributed by atoms with van der Waals surface area (Å²) in [6, 6.07) is 12.1. The first-order valence-corrected chi connectivity index (χ1v) is 6.48. The van der Waals surface area contributed by atoms with Crippen LogP contribution < -0.4 is 4.90 Å². The molecule has 0 amide bonds. The number of pyridine rings is 1. The first-order valence-electron chi connectivity index (χ1n) is 6.48. The number of benzene rings is 1. The van der Waals surface area contributed by atoms with E-state index in [-0.39, 0.29) is 11.8 Å². The molecule has 0 radical (unpaired) electrons. The van der Waals surface area contributed by atoms with Crippen LogP contribution in [0.4, 0.5) is 5.82 Å². The molecule has 0 saturated carbocycles. The van der Waals surface area contributed by atoms with Crippen LogP contribution in [0.2, 0.25) is 0 Å². The Hall–Kier alpha value is -2.10. The van der Waals surface area contributed by atoms with E-state index in [1.54, 1.807) is 6.92 Å². The molecule has 1 aromatic carbocycles. The zero-order chi connectivity index (χ0) is 13.4. The van der Waals surface area contributed by atoms with E-state index in [2.05, 4.69) is 16.0 Å². The summed E-state index contributed by atoms with van der Waals surface area (Å²) in [5.41, 5.74) is 0.981. The van der Waals surface area contributed by atoms with Crippen molar-refractivity contribution in [3.8, 4) is 0 Å². The molecule has 2 aromatic rings. The number of hydrogen-bond acceptors (Lipinski definition) is 3. The van der Waals surface area contributed by atoms with Crippen LogP contribution in [-0.2, 0) is 4.79 Å². The van der Waals surface area contributed by atoms with Gasteiger partial charge in [-0.3, -0.25) is 4.79 Å². The number of carboxylic acids is 1. The molecule has 3 rings (SSSR count). The molecular weight excluding hydrogens is 240 g/mol. The standard InChI is InChI=1S/C15H16N2O2/c1-10(15(18)19)12-8-17(9-12)14-7-6-11-4-2-3-5-13(11)16-14/h2-7,10,12H,8-9H2,1H3,(H,18,19). The summed E-state index contributed by atoms with van der Waals surface area (Å²) >= 11 is 0. The summed E-state index contributed by atoms with van der Waals surface area (Å²) in [7, 11) is 0. The van der Waals surface area contributed by atoms with Crippen molar-refractivity contribution in [2.24, 2.45) is 11.8 Å². The van der Waals surface area contributed by atoms with Gasteiger partial charge in [0.15, 0.2) is 0 Å². The monoisotopic (exact) mass is 256 g/mol. The number of nitrogens with zero attached hydrogens (tertiary/aromatic N) is 2. The van der Waals surface area contributed by atoms with Gasteiger partial charge in [-0.2, -0.15) is 0 Å². The third-order valence-electron chi connectivity index (χ3n) is 3.91. The highest BCUT2D eigenvalue weighted by Gasteiger charge is 2.35. The van der Waals surface area contributed by atoms with Gasteiger partial charge >= 0.3 is 5.97 Å². The normalized spacial score (nSPS) is 17.2. The van der Waals surface area contributed by atoms with Gasteiger partial charge in [0.2, 0.25) is 0 Å². The van der Waals surface area contributed by atoms with Gasteiger partial charge in [0.1, 0.15) is 5.82 Å². The Morgan fingerprint density at radius 1 is 1.32 bits per heavy atom. The van der Waals surface area contributed by atoms with E-state index in [1.165, 1.54) is 0 Å². The predicted octanol–water partition coefficient (Wildman–Crippen LogP) is 2.39. The summed E-state index contributed by atoms with van der Waals surface area (Å²) in [6.07, 6.45) is 0. The molecule has 1 aliphatic heterocycles. The number of aromatic nitrogens is 1. The van der Waals surface area contributed by atoms with E-state index >= 15 is 0 Å². The molecule has 1 saturated heterocycles. The maximum Gasteiger partial charge on any atom is 0.306 e. The van der Waals surface area contributed by atoms with Crippen LogP contribution in [0.3, 0.4) is 0 Å². The van der Waals surface area contributed by atoms with Crippen molar-refractivity contribution in [1.82, 2.24) is 4.98 Å². The maximum atomic E-state index is 10.9. The quantitative estimate of drug-likeness (QED) is 0.916. The number of carbonyl (C=O) groups is 1. The molecule has 19 heavy (non-hydrogen) atoms. The van der Waals surface area contributed by atoms with Gasteiger partial charge < -0.3 is 10.0 Å². The molecule has 1 aliphatic rings. The Bertz CT molecular complexity index is 620. The van der Waals surface area contributed by atoms with Crippen molar-refractivity contribution in [2.75, 3.05) is 18.0 Å². The average Bonchev–Trinajstić information content (AvgIpc) is 2.36. The first kappa shape index (κ1) is 12.0. The van der Waals surface area contributed by atoms with Gasteiger partial charge in [-0.05, 0) is 18.2 Å². The van der Waals surface area contributed by atoms with E-state index in [0.717, 1.165) is 29.8 Å². The number of carboxylic acid groups (broad SMARTS) is 1. The van der Waals surface area contributed by atoms with Gasteiger partial charge in [0.05, 0.1) is 11.4 Å². The van der Waals surface area contributed by atoms with Crippen LogP contribution in [0.25, 0.3) is 10.9 Å². The molecule has 0 bridgehead atoms. The second-order valence-corrected chi connectivity index (χ2v) is 5.15. The minimum absolute atomic E-state index is 0.228. The summed E-state index contributed by atoms with van der Waals surface area (Å²) in [5.74, 6) is 0.172. The maximum absolute atomic E-state index is 10.9. The summed E-state index contributed by atoms with van der Waals surface area (Å²) in [4.78, 5) is 17.7. The number of para-hydroxylation sites is 1. The van der Waals surface area contributed by atoms with Crippen molar-refractivity contribution in [1.29, 1.82) is 0 Å². The second-order valence-electron chi connectivity index (χ2n) is 5.15. The van der Waals surface area contributed by atoms with Crippen molar-refractivity contribution in [3.05, 3.63) is 36.4 Å². The lowest BCUT2D eigenvalue weighted by Crippen LogP contribution is -2.51. The summed E-state index contributed by atoms with van der Waals surface area (Å²) in [6.45, 7) is 3.33. The van der Waals surface area contributed by atoms with E-state index in [4.69, 9.17) is 5.11 Å². The molecule has 4 nitrogen and oxygen atoms in total. The van der Waals surface area contributed by atoms with Crippen molar-refractivity contribution < 1.29 is 9.90 Å². The lowest BCUT2D eigenvalue weighted by atomic mass is 9.87. The fourth-order valence-electron chi connectivity index (χ4n) is 2.45. The number of anilines is 1. The minimum atomic E-state index is -0.712. The molecule has 1 atom stereocenters. The van der Waals surface area contributed by atoms with Crippen LogP contribution in [0, 0.1) is 11.8 Å². The minimum Gasteiger partial charge on any atom is -0.481 e. The first-order chi connectivity index (χ1) is 9.15. The highest BCUT2D eigenvalue weighted by molar-refractivity contribution is 5.80. The Balaban J connectivity index is 1.75. The van der Waals surface area contributed by atoms with E-state index < -0.39 is 5.97 Å². The summed E-state index contributed by atoms with van der Waals surface area (Å²) in [5, 5.41) is 10.1. The zero-order valence-electron chi connectivity index (χ0n) is 10.8. The van der Waals surface area contributed by atoms with Crippen molar-refractivity contribution in [3.63, 3.8) is 0 Å². The molecule has 1 aromatic heterocycles. The van der Waals surface area contributed by atoms with Gasteiger partial charge in [-0.15, -0.1) is 0 Å². The van der Waals surface area contributed by atoms with Crippen molar-refractivity contribution in [2.45, 2.75) is 6.92 Å². The molecule has 4 heteroatoms. The van der Waals surface area contributed by atoms with Crippen LogP contribution in [0.1, 0.15) is 6.92 Å². The molecule has 0 spiro atoms. The SMILES string of the molecule is CC(C(=O)O)C1CN(c2ccc3ccccc3n2)C1. The Kier molecular flexibility index (Phi) is 2.85. The van der Waals surface area contributed by atoms with Crippen LogP contribution >= 0.6 is 0 Å². The third kappa shape index (κ3) is 2.14. The van der Waals surface area contributed by atoms with Gasteiger partial charge in [-0.25, -0.2) is 4.98 Å². The lowest BCUT2D eigenvalue weighted by molar-refractivity contribution is -0.143. The van der Waals surface area contributed by atoms with Crippen LogP contribution in [-0.4, -0.2) is 29.1 Å². The molecule has 2 heterocycles. The Morgan fingerprint density at radius 3 is 2.79 bits per heavy atom. The molecule has 1 fully saturated rings. The van der Waals surface area contributed by atoms with E-state index in [9.17, 15) is 4.79 Å². The highest BCUT2D eigenvalue weighted by atomic mass is 16.4. The number of hydrogen-bond donors (Lipinski definition) is 1. The fraction of sp³-hybridized carbons (Fsp3) is 0.333. The smallest absolute Gasteiger partial charge is 0.306 e. The summed E-state index contributed by atoms with van der Waals surface area (Å²) < 4.78 is 0. The molecule has 1 unspecified atom stereocenters. The molecular formula is C15H16N2O2. The number of rotatable bonds is 3. The average molecular weight is 256 g/mol. The van der Waals surface area contributed by atoms with Gasteiger partial charge in [-0.1, -0.05) is 25.1 Å². The lowest BCUT2D eigenvalue weighted by Gasteiger charge is -2.42. The predicted molar refractivity (Wildman–Crippen MR) is 74.2 cm³/mol. The third-order valence-corrected chi connectivity index (χ3v) is 3.91. The van der Waals surface area contributed by atoms with E-state index in [0.29, 0.717) is 0 Å². The van der Waals surface area contributed by atoms with Gasteiger partial charge in [0.25, 0.3) is 0 Å². The molecule has 0 aliphatic carbocycles. The zero-order valence-corrected chi connectivity index (χ0v) is 10.8. The Morgan fingerprint density at radius 2 is 2.05 bits per heavy atom. The van der Waals surface area contributed by atoms with Crippen LogP contribution in [0.15, 0.2) is 36.4 Å². The highest BCUT2D eigenvalue weighted by Crippen LogP contribution is 2.29. The number of fused-ring (bicyclic) bond motifs is 1. The topological polar surface area (TPSA) is 53.4 Å². The molecule has 98 valence electrons. The van der Waals surface area contributed by atoms with Crippen LogP contribution in [0.5, 0.6) is 0 Å².